The van der Waals surface area contributed by atoms with Crippen LogP contribution in [0.3, 0.4) is 0 Å². The molecule has 0 spiro atoms. The molecule has 12 heavy (non-hydrogen) atoms. The molecule has 1 aliphatic rings. The summed E-state index contributed by atoms with van der Waals surface area (Å²) in [6, 6.07) is 0. The first kappa shape index (κ1) is 9.39. The number of hydrogen-bond acceptors (Lipinski definition) is 3. The summed E-state index contributed by atoms with van der Waals surface area (Å²) < 4.78 is 15.9. The molecular weight excluding hydrogens is 156 g/mol. The smallest absolute Gasteiger partial charge is 0.277 e. The number of ether oxygens (including phenoxy) is 3. The first-order valence-corrected chi connectivity index (χ1v) is 4.48. The van der Waals surface area contributed by atoms with E-state index in [4.69, 9.17) is 14.2 Å². The first-order valence-electron chi connectivity index (χ1n) is 4.48. The maximum atomic E-state index is 5.38. The Hall–Kier alpha value is -0.700. The summed E-state index contributed by atoms with van der Waals surface area (Å²) in [6.45, 7) is 5.23. The van der Waals surface area contributed by atoms with Crippen molar-refractivity contribution in [2.45, 2.75) is 33.0 Å². The zero-order chi connectivity index (χ0) is 8.81. The van der Waals surface area contributed by atoms with Crippen LogP contribution in [0.15, 0.2) is 12.0 Å². The lowest BCUT2D eigenvalue weighted by molar-refractivity contribution is -0.157. The Morgan fingerprint density at radius 2 is 2.33 bits per heavy atom. The maximum absolute atomic E-state index is 5.38. The van der Waals surface area contributed by atoms with Gasteiger partial charge in [-0.05, 0) is 26.3 Å². The predicted octanol–water partition coefficient (Wildman–Crippen LogP) is 2.04. The lowest BCUT2D eigenvalue weighted by Gasteiger charge is -2.23. The van der Waals surface area contributed by atoms with Crippen molar-refractivity contribution in [3.63, 3.8) is 0 Å². The van der Waals surface area contributed by atoms with Crippen LogP contribution in [-0.4, -0.2) is 19.5 Å². The number of allylic oxidation sites excluding steroid dienone is 1. The van der Waals surface area contributed by atoms with Crippen LogP contribution in [0, 0.1) is 0 Å². The lowest BCUT2D eigenvalue weighted by atomic mass is 10.2. The molecule has 70 valence electrons. The third kappa shape index (κ3) is 2.74. The van der Waals surface area contributed by atoms with Crippen LogP contribution in [0.4, 0.5) is 0 Å². The Balaban J connectivity index is 2.31. The lowest BCUT2D eigenvalue weighted by Crippen LogP contribution is -2.20. The van der Waals surface area contributed by atoms with Gasteiger partial charge in [-0.3, -0.25) is 0 Å². The fourth-order valence-corrected chi connectivity index (χ4v) is 1.11. The summed E-state index contributed by atoms with van der Waals surface area (Å²) in [5.41, 5.74) is 0. The van der Waals surface area contributed by atoms with Crippen molar-refractivity contribution < 1.29 is 14.2 Å². The number of hydrogen-bond donors (Lipinski definition) is 0. The van der Waals surface area contributed by atoms with Crippen LogP contribution in [0.5, 0.6) is 0 Å². The normalized spacial score (nSPS) is 22.8. The van der Waals surface area contributed by atoms with Crippen LogP contribution in [0.2, 0.25) is 0 Å². The molecule has 3 heteroatoms. The molecule has 0 saturated carbocycles. The molecule has 3 nitrogen and oxygen atoms in total. The van der Waals surface area contributed by atoms with Crippen LogP contribution < -0.4 is 0 Å². The van der Waals surface area contributed by atoms with Gasteiger partial charge in [0.15, 0.2) is 0 Å². The Morgan fingerprint density at radius 1 is 1.50 bits per heavy atom. The van der Waals surface area contributed by atoms with E-state index < -0.39 is 0 Å². The topological polar surface area (TPSA) is 27.7 Å². The molecule has 1 aliphatic heterocycles. The van der Waals surface area contributed by atoms with Crippen LogP contribution in [-0.2, 0) is 14.2 Å². The van der Waals surface area contributed by atoms with Crippen LogP contribution in [0.1, 0.15) is 26.7 Å². The van der Waals surface area contributed by atoms with Gasteiger partial charge in [-0.15, -0.1) is 0 Å². The molecule has 0 aliphatic carbocycles. The summed E-state index contributed by atoms with van der Waals surface area (Å²) in [5.74, 6) is 0.613. The van der Waals surface area contributed by atoms with Crippen molar-refractivity contribution in [3.05, 3.63) is 12.0 Å². The van der Waals surface area contributed by atoms with Gasteiger partial charge < -0.3 is 14.2 Å². The average molecular weight is 172 g/mol. The summed E-state index contributed by atoms with van der Waals surface area (Å²) in [6.07, 6.45) is 3.74. The van der Waals surface area contributed by atoms with Crippen molar-refractivity contribution in [1.29, 1.82) is 0 Å². The van der Waals surface area contributed by atoms with E-state index in [2.05, 4.69) is 0 Å². The molecule has 0 aromatic heterocycles. The first-order chi connectivity index (χ1) is 5.86. The zero-order valence-electron chi connectivity index (χ0n) is 7.71. The van der Waals surface area contributed by atoms with E-state index in [1.807, 2.05) is 19.9 Å². The summed E-state index contributed by atoms with van der Waals surface area (Å²) in [5, 5.41) is 0. The van der Waals surface area contributed by atoms with Crippen LogP contribution >= 0.6 is 0 Å². The molecule has 0 N–H and O–H groups in total. The predicted molar refractivity (Wildman–Crippen MR) is 45.4 cm³/mol. The minimum Gasteiger partial charge on any atom is -0.466 e. The molecular formula is C9H16O3. The van der Waals surface area contributed by atoms with Crippen molar-refractivity contribution in [1.82, 2.24) is 0 Å². The van der Waals surface area contributed by atoms with E-state index >= 15 is 0 Å². The van der Waals surface area contributed by atoms with E-state index in [1.54, 1.807) is 0 Å². The Labute approximate surface area is 73.3 Å². The van der Waals surface area contributed by atoms with Gasteiger partial charge in [0.05, 0.1) is 6.61 Å². The van der Waals surface area contributed by atoms with Gasteiger partial charge in [0, 0.05) is 13.0 Å². The Morgan fingerprint density at radius 3 is 3.00 bits per heavy atom. The highest BCUT2D eigenvalue weighted by molar-refractivity contribution is 4.88. The largest absolute Gasteiger partial charge is 0.466 e. The summed E-state index contributed by atoms with van der Waals surface area (Å²) in [4.78, 5) is 0. The zero-order valence-corrected chi connectivity index (χ0v) is 7.71. The highest BCUT2D eigenvalue weighted by Crippen LogP contribution is 2.18. The molecule has 0 fully saturated rings. The highest BCUT2D eigenvalue weighted by atomic mass is 16.8. The van der Waals surface area contributed by atoms with Gasteiger partial charge in [-0.2, -0.15) is 0 Å². The molecule has 1 heterocycles. The van der Waals surface area contributed by atoms with Crippen LogP contribution in [0.25, 0.3) is 0 Å². The van der Waals surface area contributed by atoms with E-state index in [9.17, 15) is 0 Å². The van der Waals surface area contributed by atoms with Crippen molar-refractivity contribution in [2.75, 3.05) is 13.2 Å². The molecule has 0 aromatic rings. The van der Waals surface area contributed by atoms with E-state index in [0.717, 1.165) is 12.8 Å². The highest BCUT2D eigenvalue weighted by Gasteiger charge is 2.16. The van der Waals surface area contributed by atoms with Gasteiger partial charge in [-0.25, -0.2) is 0 Å². The summed E-state index contributed by atoms with van der Waals surface area (Å²) >= 11 is 0. The second-order valence-electron chi connectivity index (χ2n) is 2.54. The van der Waals surface area contributed by atoms with Gasteiger partial charge in [0.2, 0.25) is 6.29 Å². The fourth-order valence-electron chi connectivity index (χ4n) is 1.11. The third-order valence-corrected chi connectivity index (χ3v) is 1.60. The van der Waals surface area contributed by atoms with E-state index in [-0.39, 0.29) is 6.29 Å². The van der Waals surface area contributed by atoms with Gasteiger partial charge in [-0.1, -0.05) is 0 Å². The average Bonchev–Trinajstić information content (AvgIpc) is 2.06. The minimum absolute atomic E-state index is 0.110. The maximum Gasteiger partial charge on any atom is 0.277 e. The van der Waals surface area contributed by atoms with E-state index in [0.29, 0.717) is 19.2 Å². The van der Waals surface area contributed by atoms with Crippen molar-refractivity contribution >= 4 is 0 Å². The van der Waals surface area contributed by atoms with E-state index in [1.165, 1.54) is 0 Å². The minimum atomic E-state index is -0.110. The second-order valence-corrected chi connectivity index (χ2v) is 2.54. The molecule has 0 aromatic carbocycles. The third-order valence-electron chi connectivity index (χ3n) is 1.60. The number of rotatable bonds is 4. The summed E-state index contributed by atoms with van der Waals surface area (Å²) in [7, 11) is 0. The molecule has 1 atom stereocenters. The molecule has 0 radical (unpaired) electrons. The molecule has 0 bridgehead atoms. The standard InChI is InChI=1S/C9H16O3/c1-3-10-8-6-5-7-9(12-8)11-4-2/h6,9H,3-5,7H2,1-2H3. The quantitative estimate of drug-likeness (QED) is 0.649. The van der Waals surface area contributed by atoms with Crippen molar-refractivity contribution in [3.8, 4) is 0 Å². The SMILES string of the molecule is CCOC1=CCCC(OCC)O1. The monoisotopic (exact) mass is 172 g/mol. The molecule has 1 rings (SSSR count). The molecule has 0 saturated heterocycles. The molecule has 0 amide bonds. The van der Waals surface area contributed by atoms with Gasteiger partial charge in [0.25, 0.3) is 5.95 Å². The Kier molecular flexibility index (Phi) is 3.94. The second kappa shape index (κ2) is 5.04. The van der Waals surface area contributed by atoms with Gasteiger partial charge >= 0.3 is 0 Å². The molecule has 1 unspecified atom stereocenters. The van der Waals surface area contributed by atoms with Gasteiger partial charge in [0.1, 0.15) is 0 Å². The Bertz CT molecular complexity index is 154. The van der Waals surface area contributed by atoms with Crippen molar-refractivity contribution in [2.24, 2.45) is 0 Å². The fraction of sp³-hybridized carbons (Fsp3) is 0.778.